The molecule has 1 amide bonds. The predicted molar refractivity (Wildman–Crippen MR) is 91.0 cm³/mol. The summed E-state index contributed by atoms with van der Waals surface area (Å²) in [4.78, 5) is 34.8. The highest BCUT2D eigenvalue weighted by atomic mass is 32.1. The van der Waals surface area contributed by atoms with Crippen molar-refractivity contribution in [3.05, 3.63) is 26.6 Å². The Morgan fingerprint density at radius 3 is 2.74 bits per heavy atom. The summed E-state index contributed by atoms with van der Waals surface area (Å²) in [6.07, 6.45) is 0.637. The number of aromatic nitrogens is 2. The average molecular weight is 338 g/mol. The van der Waals surface area contributed by atoms with Gasteiger partial charge in [-0.3, -0.25) is 9.59 Å². The normalized spacial score (nSPS) is 12.8. The Labute approximate surface area is 138 Å². The van der Waals surface area contributed by atoms with E-state index in [0.717, 1.165) is 0 Å². The highest BCUT2D eigenvalue weighted by Gasteiger charge is 2.21. The van der Waals surface area contributed by atoms with Crippen LogP contribution in [0.3, 0.4) is 0 Å². The van der Waals surface area contributed by atoms with E-state index in [1.165, 1.54) is 11.3 Å². The van der Waals surface area contributed by atoms with Gasteiger partial charge in [0.1, 0.15) is 10.7 Å². The van der Waals surface area contributed by atoms with E-state index in [4.69, 9.17) is 0 Å². The molecule has 0 radical (unpaired) electrons. The van der Waals surface area contributed by atoms with Gasteiger partial charge in [0.05, 0.1) is 29.5 Å². The largest absolute Gasteiger partial charge is 0.394 e. The number of nitrogens with zero attached hydrogens (tertiary/aromatic N) is 2. The SMILES string of the molecule is CCC(CO)NC(=O)c1sc2nc(CN(C)C)[nH]c(=O)c2c1C. The monoisotopic (exact) mass is 338 g/mol. The lowest BCUT2D eigenvalue weighted by molar-refractivity contribution is 0.0918. The third-order valence-electron chi connectivity index (χ3n) is 3.57. The van der Waals surface area contributed by atoms with E-state index in [-0.39, 0.29) is 24.1 Å². The fraction of sp³-hybridized carbons (Fsp3) is 0.533. The van der Waals surface area contributed by atoms with Crippen LogP contribution in [-0.2, 0) is 6.54 Å². The molecule has 1 unspecified atom stereocenters. The highest BCUT2D eigenvalue weighted by Crippen LogP contribution is 2.27. The van der Waals surface area contributed by atoms with Gasteiger partial charge in [-0.05, 0) is 33.0 Å². The number of carbonyl (C=O) groups is 1. The smallest absolute Gasteiger partial charge is 0.262 e. The lowest BCUT2D eigenvalue weighted by Gasteiger charge is -2.13. The van der Waals surface area contributed by atoms with Gasteiger partial charge in [0.25, 0.3) is 11.5 Å². The molecule has 2 aromatic rings. The number of hydrogen-bond donors (Lipinski definition) is 3. The summed E-state index contributed by atoms with van der Waals surface area (Å²) >= 11 is 1.21. The molecular weight excluding hydrogens is 316 g/mol. The fourth-order valence-electron chi connectivity index (χ4n) is 2.31. The van der Waals surface area contributed by atoms with Crippen LogP contribution < -0.4 is 10.9 Å². The molecule has 7 nitrogen and oxygen atoms in total. The van der Waals surface area contributed by atoms with Crippen molar-refractivity contribution in [1.29, 1.82) is 0 Å². The van der Waals surface area contributed by atoms with Gasteiger partial charge in [-0.25, -0.2) is 4.98 Å². The van der Waals surface area contributed by atoms with Crippen LogP contribution in [0.1, 0.15) is 34.4 Å². The maximum absolute atomic E-state index is 12.4. The highest BCUT2D eigenvalue weighted by molar-refractivity contribution is 7.20. The number of amides is 1. The Kier molecular flexibility index (Phi) is 5.51. The molecule has 0 saturated carbocycles. The molecule has 0 aromatic carbocycles. The van der Waals surface area contributed by atoms with E-state index in [1.54, 1.807) is 6.92 Å². The zero-order chi connectivity index (χ0) is 17.1. The molecule has 3 N–H and O–H groups in total. The van der Waals surface area contributed by atoms with E-state index < -0.39 is 0 Å². The standard InChI is InChI=1S/C15H22N4O3S/c1-5-9(7-20)16-14(22)12-8(2)11-13(21)17-10(6-19(3)4)18-15(11)23-12/h9,20H,5-7H2,1-4H3,(H,16,22)(H,17,18,21). The van der Waals surface area contributed by atoms with E-state index in [2.05, 4.69) is 15.3 Å². The first-order valence-corrected chi connectivity index (χ1v) is 8.27. The molecule has 2 aromatic heterocycles. The first-order chi connectivity index (χ1) is 10.9. The Hall–Kier alpha value is -1.77. The zero-order valence-electron chi connectivity index (χ0n) is 13.8. The lowest BCUT2D eigenvalue weighted by Crippen LogP contribution is -2.36. The number of aliphatic hydroxyl groups excluding tert-OH is 1. The molecule has 1 atom stereocenters. The van der Waals surface area contributed by atoms with Crippen LogP contribution in [0.2, 0.25) is 0 Å². The number of rotatable bonds is 6. The minimum atomic E-state index is -0.289. The van der Waals surface area contributed by atoms with Crippen LogP contribution in [0.25, 0.3) is 10.2 Å². The number of carbonyl (C=O) groups excluding carboxylic acids is 1. The number of hydrogen-bond acceptors (Lipinski definition) is 6. The van der Waals surface area contributed by atoms with Crippen LogP contribution in [0.5, 0.6) is 0 Å². The number of aryl methyl sites for hydroxylation is 1. The fourth-order valence-corrected chi connectivity index (χ4v) is 3.41. The van der Waals surface area contributed by atoms with Crippen molar-refractivity contribution in [1.82, 2.24) is 20.2 Å². The van der Waals surface area contributed by atoms with Gasteiger partial charge in [0, 0.05) is 0 Å². The molecule has 0 fully saturated rings. The summed E-state index contributed by atoms with van der Waals surface area (Å²) in [6.45, 7) is 4.04. The van der Waals surface area contributed by atoms with Gasteiger partial charge in [-0.1, -0.05) is 6.92 Å². The molecule has 126 valence electrons. The summed E-state index contributed by atoms with van der Waals surface area (Å²) in [7, 11) is 3.78. The van der Waals surface area contributed by atoms with Gasteiger partial charge in [-0.15, -0.1) is 11.3 Å². The molecule has 8 heteroatoms. The maximum Gasteiger partial charge on any atom is 0.262 e. The topological polar surface area (TPSA) is 98.3 Å². The van der Waals surface area contributed by atoms with Crippen molar-refractivity contribution in [3.8, 4) is 0 Å². The second-order valence-electron chi connectivity index (χ2n) is 5.75. The molecule has 0 aliphatic carbocycles. The summed E-state index contributed by atoms with van der Waals surface area (Å²) in [5.74, 6) is 0.294. The summed E-state index contributed by atoms with van der Waals surface area (Å²) in [6, 6.07) is -0.289. The molecule has 0 aliphatic heterocycles. The number of thiophene rings is 1. The van der Waals surface area contributed by atoms with Gasteiger partial charge in [0.2, 0.25) is 0 Å². The lowest BCUT2D eigenvalue weighted by atomic mass is 10.2. The van der Waals surface area contributed by atoms with Crippen molar-refractivity contribution in [2.75, 3.05) is 20.7 Å². The van der Waals surface area contributed by atoms with Crippen LogP contribution in [0.15, 0.2) is 4.79 Å². The van der Waals surface area contributed by atoms with E-state index in [9.17, 15) is 14.7 Å². The number of aliphatic hydroxyl groups is 1. The average Bonchev–Trinajstić information content (AvgIpc) is 2.81. The Bertz CT molecular complexity index is 762. The Morgan fingerprint density at radius 2 is 2.17 bits per heavy atom. The Morgan fingerprint density at radius 1 is 1.48 bits per heavy atom. The number of fused-ring (bicyclic) bond motifs is 1. The minimum Gasteiger partial charge on any atom is -0.394 e. The van der Waals surface area contributed by atoms with Crippen LogP contribution in [0.4, 0.5) is 0 Å². The predicted octanol–water partition coefficient (Wildman–Crippen LogP) is 0.855. The molecule has 0 spiro atoms. The molecule has 2 heterocycles. The van der Waals surface area contributed by atoms with E-state index in [0.29, 0.717) is 39.4 Å². The van der Waals surface area contributed by atoms with Gasteiger partial charge in [-0.2, -0.15) is 0 Å². The van der Waals surface area contributed by atoms with Gasteiger partial charge < -0.3 is 20.3 Å². The Balaban J connectivity index is 2.43. The van der Waals surface area contributed by atoms with E-state index >= 15 is 0 Å². The molecule has 23 heavy (non-hydrogen) atoms. The zero-order valence-corrected chi connectivity index (χ0v) is 14.6. The molecular formula is C15H22N4O3S. The summed E-state index contributed by atoms with van der Waals surface area (Å²) in [5, 5.41) is 12.4. The number of aromatic amines is 1. The maximum atomic E-state index is 12.4. The summed E-state index contributed by atoms with van der Waals surface area (Å²) < 4.78 is 0. The summed E-state index contributed by atoms with van der Waals surface area (Å²) in [5.41, 5.74) is 0.397. The number of nitrogens with one attached hydrogen (secondary N) is 2. The van der Waals surface area contributed by atoms with Crippen LogP contribution >= 0.6 is 11.3 Å². The van der Waals surface area contributed by atoms with E-state index in [1.807, 2.05) is 25.9 Å². The third kappa shape index (κ3) is 3.77. The van der Waals surface area contributed by atoms with Gasteiger partial charge in [0.15, 0.2) is 0 Å². The molecule has 0 bridgehead atoms. The van der Waals surface area contributed by atoms with Crippen LogP contribution in [-0.4, -0.2) is 52.6 Å². The molecule has 0 aliphatic rings. The molecule has 2 rings (SSSR count). The molecule has 0 saturated heterocycles. The first-order valence-electron chi connectivity index (χ1n) is 7.46. The van der Waals surface area contributed by atoms with Crippen molar-refractivity contribution >= 4 is 27.5 Å². The second-order valence-corrected chi connectivity index (χ2v) is 6.75. The van der Waals surface area contributed by atoms with Gasteiger partial charge >= 0.3 is 0 Å². The second kappa shape index (κ2) is 7.20. The first kappa shape index (κ1) is 17.6. The number of H-pyrrole nitrogens is 1. The minimum absolute atomic E-state index is 0.113. The third-order valence-corrected chi connectivity index (χ3v) is 4.75. The van der Waals surface area contributed by atoms with Crippen LogP contribution in [0, 0.1) is 6.92 Å². The van der Waals surface area contributed by atoms with Crippen molar-refractivity contribution in [2.24, 2.45) is 0 Å². The van der Waals surface area contributed by atoms with Crippen molar-refractivity contribution in [2.45, 2.75) is 32.9 Å². The van der Waals surface area contributed by atoms with Crippen molar-refractivity contribution in [3.63, 3.8) is 0 Å². The quantitative estimate of drug-likeness (QED) is 0.725. The van der Waals surface area contributed by atoms with Crippen molar-refractivity contribution < 1.29 is 9.90 Å².